The van der Waals surface area contributed by atoms with Crippen molar-refractivity contribution in [2.45, 2.75) is 25.7 Å². The summed E-state index contributed by atoms with van der Waals surface area (Å²) >= 11 is 0. The first-order chi connectivity index (χ1) is 20.1. The fraction of sp³-hybridized carbons (Fsp3) is 0.281. The first-order valence-corrected chi connectivity index (χ1v) is 13.6. The van der Waals surface area contributed by atoms with E-state index in [9.17, 15) is 34.2 Å². The summed E-state index contributed by atoms with van der Waals surface area (Å²) < 4.78 is 5.49. The number of allylic oxidation sites excluding steroid dienone is 6. The second kappa shape index (κ2) is 10.2. The van der Waals surface area contributed by atoms with Crippen LogP contribution in [-0.4, -0.2) is 57.9 Å². The van der Waals surface area contributed by atoms with Crippen LogP contribution >= 0.6 is 0 Å². The molecule has 42 heavy (non-hydrogen) atoms. The number of anilines is 1. The Labute approximate surface area is 240 Å². The molecule has 3 aliphatic carbocycles. The van der Waals surface area contributed by atoms with Gasteiger partial charge in [0, 0.05) is 28.7 Å². The van der Waals surface area contributed by atoms with Gasteiger partial charge in [-0.05, 0) is 61.6 Å². The third kappa shape index (κ3) is 4.18. The predicted molar refractivity (Wildman–Crippen MR) is 148 cm³/mol. The van der Waals surface area contributed by atoms with E-state index in [1.54, 1.807) is 31.2 Å². The lowest BCUT2D eigenvalue weighted by atomic mass is 9.59. The quantitative estimate of drug-likeness (QED) is 0.270. The number of Topliss-reactive ketones (excluding diaryl/α,β-unsaturated/α-hetero) is 1. The normalized spacial score (nSPS) is 25.0. The van der Waals surface area contributed by atoms with Gasteiger partial charge in [-0.3, -0.25) is 19.2 Å². The lowest BCUT2D eigenvalue weighted by Crippen LogP contribution is -2.39. The second-order valence-corrected chi connectivity index (χ2v) is 10.9. The van der Waals surface area contributed by atoms with Crippen LogP contribution in [0.2, 0.25) is 0 Å². The SMILES string of the molecule is CC1=CC(=O)C2=C(C1=O)C(c1ccc(OCCO)cc1)C1=CCC3C(=O)N(c4ccc(C(=O)O)c(O)c4)C(=O)C3C1C2. The van der Waals surface area contributed by atoms with Crippen LogP contribution in [0.3, 0.4) is 0 Å². The standard InChI is InChI=1S/C32H27NO9/c1-15-12-24(35)23-14-22-19(26(28(23)29(15)37)16-2-5-18(6-3-16)42-11-10-34)8-9-21-27(22)31(39)33(30(21)38)17-4-7-20(32(40)41)25(36)13-17/h2-8,12-13,21-22,26-27,34,36H,9-11,14H2,1H3,(H,40,41). The third-order valence-electron chi connectivity index (χ3n) is 8.61. The number of ketones is 2. The van der Waals surface area contributed by atoms with Gasteiger partial charge in [0.05, 0.1) is 24.1 Å². The number of hydrogen-bond donors (Lipinski definition) is 3. The third-order valence-corrected chi connectivity index (χ3v) is 8.61. The number of phenols is 1. The molecule has 1 fully saturated rings. The van der Waals surface area contributed by atoms with E-state index < -0.39 is 47.2 Å². The molecule has 1 saturated heterocycles. The van der Waals surface area contributed by atoms with Crippen molar-refractivity contribution in [3.05, 3.63) is 88.0 Å². The van der Waals surface area contributed by atoms with Gasteiger partial charge >= 0.3 is 5.97 Å². The van der Waals surface area contributed by atoms with Crippen molar-refractivity contribution < 1.29 is 44.0 Å². The molecular weight excluding hydrogens is 542 g/mol. The maximum absolute atomic E-state index is 13.9. The van der Waals surface area contributed by atoms with Crippen molar-refractivity contribution in [1.82, 2.24) is 0 Å². The minimum absolute atomic E-state index is 0.0664. The van der Waals surface area contributed by atoms with Crippen LogP contribution in [0.25, 0.3) is 0 Å². The molecule has 0 bridgehead atoms. The average Bonchev–Trinajstić information content (AvgIpc) is 3.23. The Morgan fingerprint density at radius 3 is 2.43 bits per heavy atom. The molecule has 4 aliphatic rings. The number of aliphatic hydroxyl groups is 1. The molecule has 4 unspecified atom stereocenters. The van der Waals surface area contributed by atoms with Gasteiger partial charge in [-0.1, -0.05) is 23.8 Å². The molecule has 3 N–H and O–H groups in total. The molecule has 214 valence electrons. The maximum Gasteiger partial charge on any atom is 0.339 e. The number of aromatic carboxylic acids is 1. The number of nitrogens with zero attached hydrogens (tertiary/aromatic N) is 1. The Bertz CT molecular complexity index is 1660. The Morgan fingerprint density at radius 1 is 1.02 bits per heavy atom. The zero-order valence-corrected chi connectivity index (χ0v) is 22.6. The Hall–Kier alpha value is -4.83. The van der Waals surface area contributed by atoms with E-state index in [-0.39, 0.29) is 48.9 Å². The van der Waals surface area contributed by atoms with Crippen molar-refractivity contribution >= 4 is 35.0 Å². The van der Waals surface area contributed by atoms with E-state index in [4.69, 9.17) is 9.84 Å². The number of carboxylic acids is 1. The Kier molecular flexibility index (Phi) is 6.65. The fourth-order valence-corrected chi connectivity index (χ4v) is 6.76. The van der Waals surface area contributed by atoms with Crippen LogP contribution < -0.4 is 9.64 Å². The molecule has 2 aromatic carbocycles. The van der Waals surface area contributed by atoms with Gasteiger partial charge in [0.25, 0.3) is 0 Å². The molecule has 6 rings (SSSR count). The second-order valence-electron chi connectivity index (χ2n) is 10.9. The first-order valence-electron chi connectivity index (χ1n) is 13.6. The summed E-state index contributed by atoms with van der Waals surface area (Å²) in [5.41, 5.74) is 2.28. The molecule has 2 aromatic rings. The van der Waals surface area contributed by atoms with Crippen LogP contribution in [0.15, 0.2) is 76.9 Å². The largest absolute Gasteiger partial charge is 0.507 e. The predicted octanol–water partition coefficient (Wildman–Crippen LogP) is 3.10. The van der Waals surface area contributed by atoms with Gasteiger partial charge in [-0.25, -0.2) is 9.69 Å². The maximum atomic E-state index is 13.9. The number of amides is 2. The van der Waals surface area contributed by atoms with E-state index in [0.29, 0.717) is 22.5 Å². The minimum Gasteiger partial charge on any atom is -0.507 e. The summed E-state index contributed by atoms with van der Waals surface area (Å²) in [5.74, 6) is -5.54. The van der Waals surface area contributed by atoms with Crippen molar-refractivity contribution in [1.29, 1.82) is 0 Å². The first kappa shape index (κ1) is 27.3. The number of aliphatic hydroxyl groups excluding tert-OH is 1. The number of imide groups is 1. The number of hydrogen-bond acceptors (Lipinski definition) is 8. The zero-order valence-electron chi connectivity index (χ0n) is 22.6. The van der Waals surface area contributed by atoms with Gasteiger partial charge < -0.3 is 20.1 Å². The van der Waals surface area contributed by atoms with Crippen LogP contribution in [-0.2, 0) is 19.2 Å². The summed E-state index contributed by atoms with van der Waals surface area (Å²) in [4.78, 5) is 66.6. The molecule has 0 radical (unpaired) electrons. The van der Waals surface area contributed by atoms with E-state index in [1.165, 1.54) is 12.1 Å². The summed E-state index contributed by atoms with van der Waals surface area (Å²) in [6.45, 7) is 1.58. The molecule has 4 atom stereocenters. The van der Waals surface area contributed by atoms with Crippen molar-refractivity contribution in [3.8, 4) is 11.5 Å². The van der Waals surface area contributed by atoms with Gasteiger partial charge in [-0.15, -0.1) is 0 Å². The lowest BCUT2D eigenvalue weighted by Gasteiger charge is -2.42. The van der Waals surface area contributed by atoms with Crippen LogP contribution in [0, 0.1) is 17.8 Å². The number of rotatable bonds is 6. The molecule has 0 aromatic heterocycles. The van der Waals surface area contributed by atoms with Gasteiger partial charge in [0.1, 0.15) is 23.7 Å². The molecule has 10 nitrogen and oxygen atoms in total. The molecule has 0 saturated carbocycles. The highest BCUT2D eigenvalue weighted by molar-refractivity contribution is 6.25. The Balaban J connectivity index is 1.42. The van der Waals surface area contributed by atoms with Crippen LogP contribution in [0.5, 0.6) is 11.5 Å². The number of carbonyl (C=O) groups excluding carboxylic acids is 4. The van der Waals surface area contributed by atoms with Gasteiger partial charge in [0.2, 0.25) is 11.8 Å². The number of carbonyl (C=O) groups is 5. The summed E-state index contributed by atoms with van der Waals surface area (Å²) in [6, 6.07) is 10.6. The number of ether oxygens (including phenoxy) is 1. The Morgan fingerprint density at radius 2 is 1.76 bits per heavy atom. The van der Waals surface area contributed by atoms with Crippen molar-refractivity contribution in [3.63, 3.8) is 0 Å². The minimum atomic E-state index is -1.35. The van der Waals surface area contributed by atoms with Crippen molar-refractivity contribution in [2.24, 2.45) is 17.8 Å². The molecule has 1 heterocycles. The van der Waals surface area contributed by atoms with E-state index in [2.05, 4.69) is 0 Å². The molecule has 0 spiro atoms. The highest BCUT2D eigenvalue weighted by atomic mass is 16.5. The fourth-order valence-electron chi connectivity index (χ4n) is 6.76. The summed E-state index contributed by atoms with van der Waals surface area (Å²) in [7, 11) is 0. The molecule has 1 aliphatic heterocycles. The smallest absolute Gasteiger partial charge is 0.339 e. The van der Waals surface area contributed by atoms with E-state index >= 15 is 0 Å². The van der Waals surface area contributed by atoms with E-state index in [1.807, 2.05) is 6.08 Å². The molecular formula is C32H27NO9. The number of benzene rings is 2. The average molecular weight is 570 g/mol. The van der Waals surface area contributed by atoms with Crippen molar-refractivity contribution in [2.75, 3.05) is 18.1 Å². The molecule has 2 amide bonds. The number of fused-ring (bicyclic) bond motifs is 3. The van der Waals surface area contributed by atoms with Gasteiger partial charge in [-0.2, -0.15) is 0 Å². The topological polar surface area (TPSA) is 159 Å². The highest BCUT2D eigenvalue weighted by Gasteiger charge is 2.56. The monoisotopic (exact) mass is 569 g/mol. The van der Waals surface area contributed by atoms with Crippen LogP contribution in [0.1, 0.15) is 41.6 Å². The number of aromatic hydroxyl groups is 1. The van der Waals surface area contributed by atoms with E-state index in [0.717, 1.165) is 28.2 Å². The van der Waals surface area contributed by atoms with Crippen LogP contribution in [0.4, 0.5) is 5.69 Å². The highest BCUT2D eigenvalue weighted by Crippen LogP contribution is 2.55. The molecule has 10 heteroatoms. The van der Waals surface area contributed by atoms with Gasteiger partial charge in [0.15, 0.2) is 11.6 Å². The summed E-state index contributed by atoms with van der Waals surface area (Å²) in [6.07, 6.45) is 3.59. The zero-order chi connectivity index (χ0) is 29.9. The lowest BCUT2D eigenvalue weighted by molar-refractivity contribution is -0.123. The summed E-state index contributed by atoms with van der Waals surface area (Å²) in [5, 5.41) is 28.6. The number of carboxylic acid groups (broad SMARTS) is 1.